The van der Waals surface area contributed by atoms with Crippen molar-refractivity contribution in [2.75, 3.05) is 12.4 Å². The number of benzene rings is 1. The molecule has 1 aliphatic rings. The lowest BCUT2D eigenvalue weighted by atomic mass is 10.2. The third-order valence-electron chi connectivity index (χ3n) is 4.65. The van der Waals surface area contributed by atoms with Crippen LogP contribution in [-0.4, -0.2) is 31.6 Å². The second-order valence-electron chi connectivity index (χ2n) is 6.64. The quantitative estimate of drug-likeness (QED) is 0.513. The fraction of sp³-hybridized carbons (Fsp3) is 0.143. The number of pyridine rings is 1. The minimum atomic E-state index is -0.240. The number of rotatable bonds is 4. The zero-order valence-electron chi connectivity index (χ0n) is 15.9. The van der Waals surface area contributed by atoms with Gasteiger partial charge in [-0.2, -0.15) is 0 Å². The average molecular weight is 423 g/mol. The number of nitrogens with one attached hydrogen (secondary N) is 1. The average Bonchev–Trinajstić information content (AvgIpc) is 2.97. The molecule has 3 aromatic rings. The van der Waals surface area contributed by atoms with E-state index in [2.05, 4.69) is 5.32 Å². The molecule has 0 saturated carbocycles. The van der Waals surface area contributed by atoms with E-state index in [0.717, 1.165) is 11.1 Å². The Morgan fingerprint density at radius 2 is 1.93 bits per heavy atom. The van der Waals surface area contributed by atoms with E-state index in [1.807, 2.05) is 43.3 Å². The lowest BCUT2D eigenvalue weighted by Gasteiger charge is -2.12. The van der Waals surface area contributed by atoms with Crippen LogP contribution in [0.4, 0.5) is 5.82 Å². The molecule has 8 heteroatoms. The number of aromatic nitrogens is 2. The van der Waals surface area contributed by atoms with Crippen molar-refractivity contribution in [3.8, 4) is 0 Å². The maximum Gasteiger partial charge on any atom is 0.267 e. The Kier molecular flexibility index (Phi) is 5.21. The second kappa shape index (κ2) is 7.81. The summed E-state index contributed by atoms with van der Waals surface area (Å²) in [5.74, 6) is 0.220. The molecule has 2 aromatic heterocycles. The van der Waals surface area contributed by atoms with Crippen molar-refractivity contribution in [1.29, 1.82) is 0 Å². The van der Waals surface area contributed by atoms with Gasteiger partial charge < -0.3 is 5.32 Å². The van der Waals surface area contributed by atoms with E-state index in [1.54, 1.807) is 25.4 Å². The van der Waals surface area contributed by atoms with E-state index in [4.69, 9.17) is 17.2 Å². The van der Waals surface area contributed by atoms with Crippen molar-refractivity contribution in [3.63, 3.8) is 0 Å². The first-order valence-electron chi connectivity index (χ1n) is 8.97. The summed E-state index contributed by atoms with van der Waals surface area (Å²) >= 11 is 6.38. The molecule has 1 fully saturated rings. The summed E-state index contributed by atoms with van der Waals surface area (Å²) in [6, 6.07) is 13.6. The van der Waals surface area contributed by atoms with Crippen LogP contribution in [0.2, 0.25) is 0 Å². The van der Waals surface area contributed by atoms with Crippen LogP contribution in [-0.2, 0) is 11.3 Å². The molecule has 0 bridgehead atoms. The van der Waals surface area contributed by atoms with Gasteiger partial charge in [-0.05, 0) is 30.2 Å². The number of hydrogen-bond donors (Lipinski definition) is 1. The number of aryl methyl sites for hydroxylation is 1. The number of thiocarbonyl (C=S) groups is 1. The fourth-order valence-corrected chi connectivity index (χ4v) is 4.20. The first kappa shape index (κ1) is 19.4. The number of likely N-dealkylation sites (N-methyl/N-ethyl adjacent to an activating group) is 1. The number of thioether (sulfide) groups is 1. The SMILES string of the molecule is Cc1cccn2c(=O)c(C=C3SC(=S)N(C)C3=O)c(NCc3ccccc3)nc12. The summed E-state index contributed by atoms with van der Waals surface area (Å²) in [7, 11) is 1.63. The number of anilines is 1. The van der Waals surface area contributed by atoms with E-state index in [-0.39, 0.29) is 11.5 Å². The summed E-state index contributed by atoms with van der Waals surface area (Å²) in [5, 5.41) is 3.26. The van der Waals surface area contributed by atoms with Gasteiger partial charge in [0.25, 0.3) is 11.5 Å². The van der Waals surface area contributed by atoms with Crippen LogP contribution in [0.3, 0.4) is 0 Å². The smallest absolute Gasteiger partial charge is 0.267 e. The number of amides is 1. The van der Waals surface area contributed by atoms with Crippen LogP contribution in [0.25, 0.3) is 11.7 Å². The topological polar surface area (TPSA) is 66.7 Å². The normalized spacial score (nSPS) is 15.5. The molecule has 0 atom stereocenters. The summed E-state index contributed by atoms with van der Waals surface area (Å²) in [6.45, 7) is 2.41. The third kappa shape index (κ3) is 3.68. The van der Waals surface area contributed by atoms with Gasteiger partial charge in [-0.15, -0.1) is 0 Å². The lowest BCUT2D eigenvalue weighted by molar-refractivity contribution is -0.121. The van der Waals surface area contributed by atoms with Crippen molar-refractivity contribution in [2.24, 2.45) is 0 Å². The highest BCUT2D eigenvalue weighted by Gasteiger charge is 2.29. The number of fused-ring (bicyclic) bond motifs is 1. The molecular weight excluding hydrogens is 404 g/mol. The first-order valence-corrected chi connectivity index (χ1v) is 10.2. The van der Waals surface area contributed by atoms with Crippen LogP contribution in [0.1, 0.15) is 16.7 Å². The summed E-state index contributed by atoms with van der Waals surface area (Å²) in [4.78, 5) is 32.2. The van der Waals surface area contributed by atoms with Crippen molar-refractivity contribution in [1.82, 2.24) is 14.3 Å². The molecule has 1 amide bonds. The molecule has 1 N–H and O–H groups in total. The number of carbonyl (C=O) groups is 1. The van der Waals surface area contributed by atoms with Crippen molar-refractivity contribution >= 4 is 51.7 Å². The molecule has 1 saturated heterocycles. The summed E-state index contributed by atoms with van der Waals surface area (Å²) in [5.41, 5.74) is 2.62. The van der Waals surface area contributed by atoms with E-state index < -0.39 is 0 Å². The molecule has 146 valence electrons. The largest absolute Gasteiger partial charge is 0.365 e. The van der Waals surface area contributed by atoms with Crippen LogP contribution in [0.5, 0.6) is 0 Å². The highest BCUT2D eigenvalue weighted by molar-refractivity contribution is 8.26. The molecule has 4 rings (SSSR count). The van der Waals surface area contributed by atoms with Crippen LogP contribution in [0.15, 0.2) is 58.4 Å². The predicted octanol–water partition coefficient (Wildman–Crippen LogP) is 3.45. The van der Waals surface area contributed by atoms with E-state index >= 15 is 0 Å². The molecule has 3 heterocycles. The van der Waals surface area contributed by atoms with Gasteiger partial charge in [0.15, 0.2) is 0 Å². The van der Waals surface area contributed by atoms with Gasteiger partial charge in [-0.25, -0.2) is 4.98 Å². The number of hydrogen-bond acceptors (Lipinski definition) is 6. The molecular formula is C21H18N4O2S2. The van der Waals surface area contributed by atoms with Gasteiger partial charge in [-0.1, -0.05) is 60.4 Å². The Bertz CT molecular complexity index is 1220. The van der Waals surface area contributed by atoms with Crippen LogP contribution in [0, 0.1) is 6.92 Å². The lowest BCUT2D eigenvalue weighted by Crippen LogP contribution is -2.23. The van der Waals surface area contributed by atoms with Gasteiger partial charge in [-0.3, -0.25) is 18.9 Å². The monoisotopic (exact) mass is 422 g/mol. The van der Waals surface area contributed by atoms with Crippen molar-refractivity contribution in [2.45, 2.75) is 13.5 Å². The van der Waals surface area contributed by atoms with Gasteiger partial charge in [0.1, 0.15) is 15.8 Å². The van der Waals surface area contributed by atoms with Gasteiger partial charge in [0, 0.05) is 19.8 Å². The first-order chi connectivity index (χ1) is 14.0. The van der Waals surface area contributed by atoms with E-state index in [1.165, 1.54) is 21.1 Å². The zero-order valence-corrected chi connectivity index (χ0v) is 17.5. The second-order valence-corrected chi connectivity index (χ2v) is 8.32. The molecule has 0 aliphatic carbocycles. The maximum absolute atomic E-state index is 13.2. The predicted molar refractivity (Wildman–Crippen MR) is 121 cm³/mol. The fourth-order valence-electron chi connectivity index (χ4n) is 3.03. The molecule has 6 nitrogen and oxygen atoms in total. The van der Waals surface area contributed by atoms with E-state index in [9.17, 15) is 9.59 Å². The molecule has 0 spiro atoms. The van der Waals surface area contributed by atoms with Crippen molar-refractivity contribution in [3.05, 3.63) is 80.6 Å². The Hall–Kier alpha value is -2.97. The van der Waals surface area contributed by atoms with Gasteiger partial charge in [0.05, 0.1) is 10.5 Å². The standard InChI is InChI=1S/C21H18N4O2S2/c1-13-7-6-10-25-18(13)23-17(22-12-14-8-4-3-5-9-14)15(19(25)26)11-16-20(27)24(2)21(28)29-16/h3-11,22H,12H2,1-2H3. The minimum Gasteiger partial charge on any atom is -0.365 e. The highest BCUT2D eigenvalue weighted by Crippen LogP contribution is 2.32. The Labute approximate surface area is 177 Å². The third-order valence-corrected chi connectivity index (χ3v) is 6.13. The van der Waals surface area contributed by atoms with Gasteiger partial charge >= 0.3 is 0 Å². The molecule has 1 aromatic carbocycles. The summed E-state index contributed by atoms with van der Waals surface area (Å²) in [6.07, 6.45) is 3.27. The van der Waals surface area contributed by atoms with E-state index in [0.29, 0.717) is 32.8 Å². The Balaban J connectivity index is 1.84. The number of carbonyl (C=O) groups excluding carboxylic acids is 1. The molecule has 29 heavy (non-hydrogen) atoms. The molecule has 1 aliphatic heterocycles. The highest BCUT2D eigenvalue weighted by atomic mass is 32.2. The van der Waals surface area contributed by atoms with Gasteiger partial charge in [0.2, 0.25) is 0 Å². The zero-order chi connectivity index (χ0) is 20.5. The maximum atomic E-state index is 13.2. The van der Waals surface area contributed by atoms with Crippen LogP contribution < -0.4 is 10.9 Å². The Morgan fingerprint density at radius 3 is 2.62 bits per heavy atom. The summed E-state index contributed by atoms with van der Waals surface area (Å²) < 4.78 is 1.96. The molecule has 0 radical (unpaired) electrons. The molecule has 0 unspecified atom stereocenters. The minimum absolute atomic E-state index is 0.220. The van der Waals surface area contributed by atoms with Crippen LogP contribution >= 0.6 is 24.0 Å². The van der Waals surface area contributed by atoms with Crippen molar-refractivity contribution < 1.29 is 4.79 Å². The number of nitrogens with zero attached hydrogens (tertiary/aromatic N) is 3. The Morgan fingerprint density at radius 1 is 1.17 bits per heavy atom.